The first-order valence-electron chi connectivity index (χ1n) is 6.82. The van der Waals surface area contributed by atoms with Crippen LogP contribution in [0.4, 0.5) is 0 Å². The Morgan fingerprint density at radius 1 is 1.47 bits per heavy atom. The van der Waals surface area contributed by atoms with Crippen molar-refractivity contribution in [3.63, 3.8) is 0 Å². The average Bonchev–Trinajstić information content (AvgIpc) is 2.62. The maximum absolute atomic E-state index is 12.3. The number of ketones is 1. The van der Waals surface area contributed by atoms with Gasteiger partial charge in [-0.1, -0.05) is 23.7 Å². The molecule has 1 aliphatic rings. The number of Topliss-reactive ketones (excluding diaryl/α,β-unsaturated/α-hetero) is 1. The molecule has 2 rings (SSSR count). The Morgan fingerprint density at radius 2 is 2.11 bits per heavy atom. The first-order chi connectivity index (χ1) is 10.4. The van der Waals surface area contributed by atoms with Gasteiger partial charge in [0.15, 0.2) is 6.08 Å². The van der Waals surface area contributed by atoms with E-state index in [2.05, 4.69) is 4.18 Å². The number of halogens is 1. The Kier molecular flexibility index (Phi) is 2.30. The van der Waals surface area contributed by atoms with E-state index in [1.54, 1.807) is 0 Å². The second-order valence-corrected chi connectivity index (χ2v) is 5.01. The zero-order valence-electron chi connectivity index (χ0n) is 13.2. The van der Waals surface area contributed by atoms with E-state index >= 15 is 0 Å². The number of hydrogen-bond acceptors (Lipinski definition) is 6. The molecule has 1 aliphatic heterocycles. The molecule has 0 saturated carbocycles. The van der Waals surface area contributed by atoms with E-state index in [4.69, 9.17) is 27.6 Å². The molecule has 0 unspecified atom stereocenters. The summed E-state index contributed by atoms with van der Waals surface area (Å²) in [6.45, 7) is 0. The van der Waals surface area contributed by atoms with Gasteiger partial charge in [0, 0.05) is 14.7 Å². The highest BCUT2D eigenvalue weighted by molar-refractivity contribution is 7.86. The number of rotatable bonds is 3. The maximum Gasteiger partial charge on any atom is 0.306 e. The lowest BCUT2D eigenvalue weighted by Gasteiger charge is -2.09. The second-order valence-electron chi connectivity index (χ2n) is 3.50. The third-order valence-corrected chi connectivity index (χ3v) is 2.79. The number of ether oxygens (including phenoxy) is 1. The number of nitrogens with two attached hydrogens (primary N) is 1. The Bertz CT molecular complexity index is 790. The van der Waals surface area contributed by atoms with Crippen molar-refractivity contribution in [2.45, 2.75) is 6.08 Å². The van der Waals surface area contributed by atoms with Crippen LogP contribution >= 0.6 is 11.6 Å². The zero-order valence-corrected chi connectivity index (χ0v) is 10.8. The van der Waals surface area contributed by atoms with Crippen LogP contribution in [-0.2, 0) is 23.8 Å². The third-order valence-electron chi connectivity index (χ3n) is 2.15. The fraction of sp³-hybridized carbons (Fsp3) is 0.182. The molecule has 0 aromatic heterocycles. The van der Waals surface area contributed by atoms with Gasteiger partial charge in [-0.15, -0.1) is 0 Å². The van der Waals surface area contributed by atoms with Crippen molar-refractivity contribution in [1.82, 2.24) is 0 Å². The fourth-order valence-corrected chi connectivity index (χ4v) is 1.90. The van der Waals surface area contributed by atoms with E-state index in [1.165, 1.54) is 24.3 Å². The summed E-state index contributed by atoms with van der Waals surface area (Å²) in [5.74, 6) is -3.09. The fourth-order valence-electron chi connectivity index (χ4n) is 1.40. The highest BCUT2D eigenvalue weighted by Gasteiger charge is 2.38. The molecule has 102 valence electrons. The van der Waals surface area contributed by atoms with Gasteiger partial charge in [0.05, 0.1) is 7.55 Å². The molecule has 1 aromatic carbocycles. The lowest BCUT2D eigenvalue weighted by Crippen LogP contribution is -2.14. The summed E-state index contributed by atoms with van der Waals surface area (Å²) in [4.78, 5) is 12.3. The first kappa shape index (κ1) is 9.22. The number of carbonyl (C=O) groups is 1. The van der Waals surface area contributed by atoms with E-state index < -0.39 is 39.8 Å². The van der Waals surface area contributed by atoms with Crippen molar-refractivity contribution in [1.29, 1.82) is 0 Å². The molecule has 0 saturated heterocycles. The molecule has 19 heavy (non-hydrogen) atoms. The lowest BCUT2D eigenvalue weighted by atomic mass is 10.1. The van der Waals surface area contributed by atoms with E-state index in [9.17, 15) is 13.2 Å². The predicted octanol–water partition coefficient (Wildman–Crippen LogP) is 1.08. The van der Waals surface area contributed by atoms with Crippen molar-refractivity contribution in [2.75, 3.05) is 6.18 Å². The summed E-state index contributed by atoms with van der Waals surface area (Å²) in [5.41, 5.74) is 5.39. The van der Waals surface area contributed by atoms with E-state index in [0.29, 0.717) is 5.02 Å². The third kappa shape index (κ3) is 2.99. The van der Waals surface area contributed by atoms with Gasteiger partial charge < -0.3 is 14.7 Å². The molecule has 0 bridgehead atoms. The van der Waals surface area contributed by atoms with Crippen LogP contribution in [-0.4, -0.2) is 20.4 Å². The monoisotopic (exact) mass is 307 g/mol. The Balaban J connectivity index is 2.37. The maximum atomic E-state index is 12.3. The highest BCUT2D eigenvalue weighted by atomic mass is 35.5. The van der Waals surface area contributed by atoms with Crippen LogP contribution in [0.5, 0.6) is 0 Å². The molecule has 8 heteroatoms. The van der Waals surface area contributed by atoms with Gasteiger partial charge in [0.2, 0.25) is 17.4 Å². The quantitative estimate of drug-likeness (QED) is 0.840. The number of hydrogen-bond donors (Lipinski definition) is 1. The summed E-state index contributed by atoms with van der Waals surface area (Å²) < 4.78 is 60.9. The van der Waals surface area contributed by atoms with E-state index in [1.807, 2.05) is 0 Å². The summed E-state index contributed by atoms with van der Waals surface area (Å²) in [7, 11) is -5.13. The van der Waals surface area contributed by atoms with Crippen molar-refractivity contribution in [3.8, 4) is 0 Å². The molecule has 0 aliphatic carbocycles. The van der Waals surface area contributed by atoms with Gasteiger partial charge >= 0.3 is 10.1 Å². The van der Waals surface area contributed by atoms with Crippen molar-refractivity contribution >= 4 is 27.5 Å². The largest absolute Gasteiger partial charge is 0.460 e. The minimum atomic E-state index is -5.13. The molecule has 2 N–H and O–H groups in total. The van der Waals surface area contributed by atoms with Crippen LogP contribution in [0.1, 0.15) is 17.1 Å². The van der Waals surface area contributed by atoms with Crippen LogP contribution in [0.2, 0.25) is 5.02 Å². The van der Waals surface area contributed by atoms with Crippen LogP contribution in [0.3, 0.4) is 0 Å². The van der Waals surface area contributed by atoms with Gasteiger partial charge in [0.1, 0.15) is 0 Å². The molecule has 1 aromatic rings. The SMILES string of the molecule is [2H]C([2H])([2H])S(=O)(=O)OC1=C(N)O[C@]([2H])(c2ccc(Cl)cc2)C1=O. The Labute approximate surface area is 120 Å². The first-order valence-corrected chi connectivity index (χ1v) is 6.61. The lowest BCUT2D eigenvalue weighted by molar-refractivity contribution is -0.123. The van der Waals surface area contributed by atoms with Crippen LogP contribution < -0.4 is 5.73 Å². The van der Waals surface area contributed by atoms with Gasteiger partial charge in [-0.3, -0.25) is 4.79 Å². The predicted molar refractivity (Wildman–Crippen MR) is 67.4 cm³/mol. The molecule has 1 atom stereocenters. The smallest absolute Gasteiger partial charge is 0.306 e. The molecule has 0 spiro atoms. The van der Waals surface area contributed by atoms with Crippen molar-refractivity contribution in [2.24, 2.45) is 5.73 Å². The van der Waals surface area contributed by atoms with Crippen molar-refractivity contribution in [3.05, 3.63) is 46.5 Å². The molecule has 0 amide bonds. The minimum absolute atomic E-state index is 0.0136. The van der Waals surface area contributed by atoms with Crippen LogP contribution in [0, 0.1) is 0 Å². The van der Waals surface area contributed by atoms with Crippen LogP contribution in [0.25, 0.3) is 0 Å². The minimum Gasteiger partial charge on any atom is -0.460 e. The molecular formula is C11H10ClNO5S. The normalized spacial score (nSPS) is 27.1. The van der Waals surface area contributed by atoms with Gasteiger partial charge in [-0.25, -0.2) is 0 Å². The van der Waals surface area contributed by atoms with E-state index in [-0.39, 0.29) is 5.56 Å². The van der Waals surface area contributed by atoms with Gasteiger partial charge in [-0.2, -0.15) is 8.42 Å². The molecule has 0 radical (unpaired) electrons. The summed E-state index contributed by atoms with van der Waals surface area (Å²) in [6.07, 6.45) is -5.91. The molecule has 6 nitrogen and oxygen atoms in total. The molecular weight excluding hydrogens is 294 g/mol. The highest BCUT2D eigenvalue weighted by Crippen LogP contribution is 2.32. The summed E-state index contributed by atoms with van der Waals surface area (Å²) in [6, 6.07) is 5.39. The zero-order chi connectivity index (χ0) is 17.6. The Morgan fingerprint density at radius 3 is 2.68 bits per heavy atom. The summed E-state index contributed by atoms with van der Waals surface area (Å²) in [5, 5.41) is 0.338. The van der Waals surface area contributed by atoms with Gasteiger partial charge in [0.25, 0.3) is 0 Å². The topological polar surface area (TPSA) is 95.7 Å². The summed E-state index contributed by atoms with van der Waals surface area (Å²) >= 11 is 5.71. The standard InChI is InChI=1S/C11H10ClNO5S/c1-19(15,16)18-10-8(14)9(17-11(10)13)6-2-4-7(12)5-3-6/h2-5,9H,13H2,1H3/t9-/m1/s1/i1D3,9D. The second kappa shape index (κ2) is 4.75. The van der Waals surface area contributed by atoms with Crippen molar-refractivity contribution < 1.29 is 27.6 Å². The average molecular weight is 308 g/mol. The van der Waals surface area contributed by atoms with Gasteiger partial charge in [-0.05, 0) is 12.1 Å². The molecule has 1 heterocycles. The Hall–Kier alpha value is -1.73. The number of benzene rings is 1. The number of carbonyl (C=O) groups excluding carboxylic acids is 1. The van der Waals surface area contributed by atoms with Crippen LogP contribution in [0.15, 0.2) is 35.9 Å². The molecule has 0 fully saturated rings. The van der Waals surface area contributed by atoms with E-state index in [0.717, 1.165) is 0 Å².